The first-order chi connectivity index (χ1) is 13.5. The van der Waals surface area contributed by atoms with E-state index >= 15 is 0 Å². The molecule has 2 aromatic rings. The molecular weight excluding hydrogens is 397 g/mol. The number of fused-ring (bicyclic) bond motifs is 1. The van der Waals surface area contributed by atoms with Crippen LogP contribution in [0.2, 0.25) is 0 Å². The van der Waals surface area contributed by atoms with E-state index in [4.69, 9.17) is 5.73 Å². The van der Waals surface area contributed by atoms with Gasteiger partial charge in [-0.2, -0.15) is 0 Å². The van der Waals surface area contributed by atoms with Gasteiger partial charge in [0.25, 0.3) is 5.91 Å². The third-order valence-electron chi connectivity index (χ3n) is 4.59. The highest BCUT2D eigenvalue weighted by Crippen LogP contribution is 2.37. The van der Waals surface area contributed by atoms with Gasteiger partial charge in [0.05, 0.1) is 5.56 Å². The lowest BCUT2D eigenvalue weighted by Crippen LogP contribution is -2.31. The van der Waals surface area contributed by atoms with E-state index < -0.39 is 5.91 Å². The molecule has 0 unspecified atom stereocenters. The van der Waals surface area contributed by atoms with Gasteiger partial charge in [-0.25, -0.2) is 4.39 Å². The summed E-state index contributed by atoms with van der Waals surface area (Å²) in [6.07, 6.45) is 2.16. The fourth-order valence-electron chi connectivity index (χ4n) is 3.29. The zero-order valence-corrected chi connectivity index (χ0v) is 17.4. The van der Waals surface area contributed by atoms with Gasteiger partial charge in [0.1, 0.15) is 10.8 Å². The van der Waals surface area contributed by atoms with Gasteiger partial charge >= 0.3 is 0 Å². The molecule has 3 N–H and O–H groups in total. The Morgan fingerprint density at radius 2 is 2.07 bits per heavy atom. The van der Waals surface area contributed by atoms with Crippen LogP contribution >= 0.6 is 23.1 Å². The van der Waals surface area contributed by atoms with Crippen molar-refractivity contribution in [2.45, 2.75) is 37.6 Å². The van der Waals surface area contributed by atoms with Crippen molar-refractivity contribution in [3.63, 3.8) is 0 Å². The number of nitrogens with one attached hydrogen (secondary N) is 1. The van der Waals surface area contributed by atoms with Crippen LogP contribution in [0.3, 0.4) is 0 Å². The molecule has 2 heterocycles. The van der Waals surface area contributed by atoms with Crippen molar-refractivity contribution in [1.82, 2.24) is 4.90 Å². The maximum atomic E-state index is 12.9. The number of carbonyl (C=O) groups excluding carboxylic acids is 2. The zero-order valence-electron chi connectivity index (χ0n) is 15.8. The second kappa shape index (κ2) is 9.54. The number of anilines is 1. The molecule has 1 aromatic carbocycles. The van der Waals surface area contributed by atoms with E-state index in [-0.39, 0.29) is 11.7 Å². The Bertz CT molecular complexity index is 852. The largest absolute Gasteiger partial charge is 0.365 e. The van der Waals surface area contributed by atoms with Gasteiger partial charge in [-0.15, -0.1) is 23.1 Å². The van der Waals surface area contributed by atoms with E-state index in [1.807, 2.05) is 0 Å². The number of thiophene rings is 1. The summed E-state index contributed by atoms with van der Waals surface area (Å²) in [5, 5.41) is 3.44. The van der Waals surface area contributed by atoms with Crippen molar-refractivity contribution in [1.29, 1.82) is 0 Å². The average molecular weight is 422 g/mol. The standard InChI is InChI=1S/C20H24FN3O2S2/c1-2-9-24-10-7-15-16(12-24)28-20(18(15)19(22)26)23-17(25)8-11-27-14-5-3-13(21)4-6-14/h3-6H,2,7-12H2,1H3,(H2,22,26)(H,23,25). The lowest BCUT2D eigenvalue weighted by molar-refractivity contribution is -0.115. The summed E-state index contributed by atoms with van der Waals surface area (Å²) in [5.74, 6) is -0.350. The highest BCUT2D eigenvalue weighted by molar-refractivity contribution is 7.99. The van der Waals surface area contributed by atoms with E-state index in [0.717, 1.165) is 47.8 Å². The van der Waals surface area contributed by atoms with Crippen LogP contribution in [0.4, 0.5) is 9.39 Å². The van der Waals surface area contributed by atoms with E-state index in [0.29, 0.717) is 22.7 Å². The van der Waals surface area contributed by atoms with E-state index in [2.05, 4.69) is 17.1 Å². The van der Waals surface area contributed by atoms with Crippen LogP contribution in [0.5, 0.6) is 0 Å². The molecule has 0 saturated carbocycles. The zero-order chi connectivity index (χ0) is 20.1. The van der Waals surface area contributed by atoms with Crippen molar-refractivity contribution >= 4 is 39.9 Å². The van der Waals surface area contributed by atoms with Gasteiger partial charge in [0.15, 0.2) is 0 Å². The van der Waals surface area contributed by atoms with Crippen LogP contribution in [-0.2, 0) is 17.8 Å². The summed E-state index contributed by atoms with van der Waals surface area (Å²) in [5.41, 5.74) is 7.06. The number of carbonyl (C=O) groups is 2. The second-order valence-electron chi connectivity index (χ2n) is 6.70. The number of nitrogens with zero attached hydrogens (tertiary/aromatic N) is 1. The molecular formula is C20H24FN3O2S2. The summed E-state index contributed by atoms with van der Waals surface area (Å²) in [4.78, 5) is 28.8. The van der Waals surface area contributed by atoms with Crippen LogP contribution in [0.15, 0.2) is 29.2 Å². The molecule has 28 heavy (non-hydrogen) atoms. The molecule has 0 radical (unpaired) electrons. The Hall–Kier alpha value is -1.90. The Labute approximate surface area is 172 Å². The van der Waals surface area contributed by atoms with Crippen molar-refractivity contribution in [2.24, 2.45) is 5.73 Å². The number of primary amides is 1. The molecule has 0 fully saturated rings. The summed E-state index contributed by atoms with van der Waals surface area (Å²) < 4.78 is 12.9. The molecule has 0 aliphatic carbocycles. The molecule has 150 valence electrons. The number of hydrogen-bond acceptors (Lipinski definition) is 5. The first-order valence-electron chi connectivity index (χ1n) is 9.32. The summed E-state index contributed by atoms with van der Waals surface area (Å²) in [6.45, 7) is 4.86. The van der Waals surface area contributed by atoms with Gasteiger partial charge in [0.2, 0.25) is 5.91 Å². The minimum absolute atomic E-state index is 0.152. The molecule has 1 aliphatic rings. The predicted molar refractivity (Wildman–Crippen MR) is 112 cm³/mol. The maximum absolute atomic E-state index is 12.9. The number of halogens is 1. The first-order valence-corrected chi connectivity index (χ1v) is 11.1. The Morgan fingerprint density at radius 1 is 1.32 bits per heavy atom. The minimum Gasteiger partial charge on any atom is -0.365 e. The number of nitrogens with two attached hydrogens (primary N) is 1. The Balaban J connectivity index is 1.62. The average Bonchev–Trinajstić information content (AvgIpc) is 3.00. The molecule has 8 heteroatoms. The van der Waals surface area contributed by atoms with Gasteiger partial charge in [-0.05, 0) is 49.2 Å². The van der Waals surface area contributed by atoms with Crippen molar-refractivity contribution in [3.05, 3.63) is 46.1 Å². The molecule has 0 spiro atoms. The van der Waals surface area contributed by atoms with E-state index in [9.17, 15) is 14.0 Å². The quantitative estimate of drug-likeness (QED) is 0.635. The number of hydrogen-bond donors (Lipinski definition) is 2. The maximum Gasteiger partial charge on any atom is 0.251 e. The van der Waals surface area contributed by atoms with Gasteiger partial charge in [-0.3, -0.25) is 14.5 Å². The third-order valence-corrected chi connectivity index (χ3v) is 6.73. The first kappa shape index (κ1) is 20.8. The Kier molecular flexibility index (Phi) is 7.09. The highest BCUT2D eigenvalue weighted by atomic mass is 32.2. The van der Waals surface area contributed by atoms with Crippen LogP contribution in [0.1, 0.15) is 40.6 Å². The van der Waals surface area contributed by atoms with Gasteiger partial charge < -0.3 is 11.1 Å². The van der Waals surface area contributed by atoms with Crippen molar-refractivity contribution in [2.75, 3.05) is 24.2 Å². The number of amides is 2. The lowest BCUT2D eigenvalue weighted by Gasteiger charge is -2.26. The molecule has 3 rings (SSSR count). The van der Waals surface area contributed by atoms with Crippen LogP contribution in [0, 0.1) is 5.82 Å². The predicted octanol–water partition coefficient (Wildman–Crippen LogP) is 3.88. The SMILES string of the molecule is CCCN1CCc2c(sc(NC(=O)CCSc3ccc(F)cc3)c2C(N)=O)C1. The molecule has 5 nitrogen and oxygen atoms in total. The van der Waals surface area contributed by atoms with Crippen molar-refractivity contribution < 1.29 is 14.0 Å². The van der Waals surface area contributed by atoms with Crippen LogP contribution in [-0.4, -0.2) is 35.6 Å². The molecule has 0 bridgehead atoms. The normalized spacial score (nSPS) is 13.9. The topological polar surface area (TPSA) is 75.4 Å². The van der Waals surface area contributed by atoms with Gasteiger partial charge in [-0.1, -0.05) is 6.92 Å². The Morgan fingerprint density at radius 3 is 2.75 bits per heavy atom. The summed E-state index contributed by atoms with van der Waals surface area (Å²) in [6, 6.07) is 6.19. The highest BCUT2D eigenvalue weighted by Gasteiger charge is 2.27. The van der Waals surface area contributed by atoms with E-state index in [1.165, 1.54) is 35.2 Å². The molecule has 0 saturated heterocycles. The van der Waals surface area contributed by atoms with Crippen molar-refractivity contribution in [3.8, 4) is 0 Å². The summed E-state index contributed by atoms with van der Waals surface area (Å²) >= 11 is 2.95. The third kappa shape index (κ3) is 5.12. The van der Waals surface area contributed by atoms with Gasteiger partial charge in [0, 0.05) is 35.0 Å². The molecule has 1 aromatic heterocycles. The molecule has 1 aliphatic heterocycles. The monoisotopic (exact) mass is 421 g/mol. The second-order valence-corrected chi connectivity index (χ2v) is 8.97. The smallest absolute Gasteiger partial charge is 0.251 e. The van der Waals surface area contributed by atoms with E-state index in [1.54, 1.807) is 12.1 Å². The minimum atomic E-state index is -0.488. The summed E-state index contributed by atoms with van der Waals surface area (Å²) in [7, 11) is 0. The fourth-order valence-corrected chi connectivity index (χ4v) is 5.46. The van der Waals surface area contributed by atoms with Crippen LogP contribution in [0.25, 0.3) is 0 Å². The number of rotatable bonds is 8. The van der Waals surface area contributed by atoms with Crippen LogP contribution < -0.4 is 11.1 Å². The molecule has 0 atom stereocenters. The number of benzene rings is 1. The fraction of sp³-hybridized carbons (Fsp3) is 0.400. The number of thioether (sulfide) groups is 1. The molecule has 2 amide bonds. The lowest BCUT2D eigenvalue weighted by atomic mass is 10.0.